The Labute approximate surface area is 303 Å². The van der Waals surface area contributed by atoms with E-state index in [4.69, 9.17) is 0 Å². The Hall–Kier alpha value is -2.09. The molecule has 1 atom stereocenters. The fourth-order valence-electron chi connectivity index (χ4n) is 8.12. The van der Waals surface area contributed by atoms with Crippen LogP contribution in [0.25, 0.3) is 39.1 Å². The first-order valence-electron chi connectivity index (χ1n) is 15.7. The van der Waals surface area contributed by atoms with Crippen molar-refractivity contribution in [2.24, 2.45) is 0 Å². The number of aryl methyl sites for hydroxylation is 1. The third-order valence-electron chi connectivity index (χ3n) is 10.0. The molecule has 1 aliphatic carbocycles. The third kappa shape index (κ3) is 5.53. The van der Waals surface area contributed by atoms with Crippen molar-refractivity contribution in [3.05, 3.63) is 118 Å². The number of halogens is 2. The average molecular weight is 726 g/mol. The molecule has 229 valence electrons. The molecular formula is C41H43Cl2SiZr. The van der Waals surface area contributed by atoms with Gasteiger partial charge in [-0.15, -0.1) is 33.7 Å². The van der Waals surface area contributed by atoms with Gasteiger partial charge in [-0.1, -0.05) is 148 Å². The first-order valence-corrected chi connectivity index (χ1v) is 18.7. The van der Waals surface area contributed by atoms with E-state index in [9.17, 15) is 0 Å². The zero-order chi connectivity index (χ0) is 29.7. The zero-order valence-electron chi connectivity index (χ0n) is 28.0. The molecule has 2 aliphatic rings. The van der Waals surface area contributed by atoms with Crippen LogP contribution in [0.4, 0.5) is 0 Å². The van der Waals surface area contributed by atoms with Crippen LogP contribution in [0.2, 0.25) is 13.1 Å². The fraction of sp³-hybridized carbons (Fsp3) is 0.293. The van der Waals surface area contributed by atoms with Crippen LogP contribution >= 0.6 is 0 Å². The predicted molar refractivity (Wildman–Crippen MR) is 187 cm³/mol. The van der Waals surface area contributed by atoms with Gasteiger partial charge in [0.2, 0.25) is 0 Å². The van der Waals surface area contributed by atoms with Gasteiger partial charge < -0.3 is 24.8 Å². The van der Waals surface area contributed by atoms with Crippen molar-refractivity contribution < 1.29 is 51.0 Å². The number of allylic oxidation sites excluding steroid dienone is 1. The molecule has 1 unspecified atom stereocenters. The SMILES string of the molecule is CC1=Cc2c(-c3ccccc3)cc(C)cc2C1c1cc2[cH-]c(C(C)C)c3c2c(-c2ccc(C(C)(C)C)cc2)c1[Si]3(C)C.[Cl-].[Cl-].[Zr+3]. The number of fused-ring (bicyclic) bond motifs is 2. The molecule has 5 aromatic rings. The zero-order valence-corrected chi connectivity index (χ0v) is 33.0. The summed E-state index contributed by atoms with van der Waals surface area (Å²) < 4.78 is 0. The van der Waals surface area contributed by atoms with Crippen molar-refractivity contribution in [3.8, 4) is 22.3 Å². The first-order chi connectivity index (χ1) is 19.9. The molecule has 1 aliphatic heterocycles. The number of hydrogen-bond acceptors (Lipinski definition) is 0. The van der Waals surface area contributed by atoms with Crippen LogP contribution in [0.15, 0.2) is 84.4 Å². The summed E-state index contributed by atoms with van der Waals surface area (Å²) in [5, 5.41) is 6.35. The van der Waals surface area contributed by atoms with Gasteiger partial charge >= 0.3 is 26.2 Å². The van der Waals surface area contributed by atoms with E-state index in [1.54, 1.807) is 26.9 Å². The van der Waals surface area contributed by atoms with E-state index in [-0.39, 0.29) is 62.4 Å². The van der Waals surface area contributed by atoms with Crippen molar-refractivity contribution in [1.82, 2.24) is 0 Å². The summed E-state index contributed by atoms with van der Waals surface area (Å²) >= 11 is 0. The largest absolute Gasteiger partial charge is 3.00 e. The minimum Gasteiger partial charge on any atom is -1.00 e. The van der Waals surface area contributed by atoms with Gasteiger partial charge in [0.15, 0.2) is 0 Å². The van der Waals surface area contributed by atoms with Crippen LogP contribution < -0.4 is 35.2 Å². The van der Waals surface area contributed by atoms with Gasteiger partial charge in [-0.2, -0.15) is 0 Å². The minimum absolute atomic E-state index is 0. The maximum Gasteiger partial charge on any atom is 3.00 e. The number of hydrogen-bond donors (Lipinski definition) is 0. The van der Waals surface area contributed by atoms with Crippen LogP contribution in [-0.4, -0.2) is 8.07 Å². The molecular weight excluding hydrogens is 683 g/mol. The molecule has 45 heavy (non-hydrogen) atoms. The monoisotopic (exact) mass is 723 g/mol. The summed E-state index contributed by atoms with van der Waals surface area (Å²) in [5.41, 5.74) is 15.9. The minimum atomic E-state index is -1.98. The van der Waals surface area contributed by atoms with Crippen LogP contribution in [0.3, 0.4) is 0 Å². The van der Waals surface area contributed by atoms with Crippen molar-refractivity contribution in [2.75, 3.05) is 0 Å². The maximum absolute atomic E-state index is 2.62. The van der Waals surface area contributed by atoms with E-state index in [0.717, 1.165) is 0 Å². The topological polar surface area (TPSA) is 0 Å². The molecule has 0 amide bonds. The van der Waals surface area contributed by atoms with Crippen molar-refractivity contribution in [2.45, 2.75) is 78.8 Å². The number of benzene rings is 4. The number of rotatable bonds is 4. The molecule has 5 aromatic carbocycles. The normalized spacial score (nSPS) is 15.9. The molecule has 2 bridgehead atoms. The van der Waals surface area contributed by atoms with Gasteiger partial charge in [0.1, 0.15) is 0 Å². The van der Waals surface area contributed by atoms with Crippen LogP contribution in [0.5, 0.6) is 0 Å². The molecule has 0 aromatic heterocycles. The summed E-state index contributed by atoms with van der Waals surface area (Å²) in [7, 11) is -1.98. The van der Waals surface area contributed by atoms with E-state index in [1.807, 2.05) is 0 Å². The Morgan fingerprint density at radius 1 is 0.778 bits per heavy atom. The summed E-state index contributed by atoms with van der Waals surface area (Å²) in [6, 6.07) is 30.5. The van der Waals surface area contributed by atoms with Crippen molar-refractivity contribution in [3.63, 3.8) is 0 Å². The smallest absolute Gasteiger partial charge is 1.00 e. The molecule has 1 radical (unpaired) electrons. The molecule has 0 spiro atoms. The Balaban J connectivity index is 0.00000154. The summed E-state index contributed by atoms with van der Waals surface area (Å²) in [4.78, 5) is 0. The van der Waals surface area contributed by atoms with Gasteiger partial charge in [0, 0.05) is 5.92 Å². The van der Waals surface area contributed by atoms with Crippen molar-refractivity contribution >= 4 is 35.3 Å². The van der Waals surface area contributed by atoms with E-state index >= 15 is 0 Å². The average Bonchev–Trinajstić information content (AvgIpc) is 3.54. The quantitative estimate of drug-likeness (QED) is 0.192. The molecule has 7 rings (SSSR count). The van der Waals surface area contributed by atoms with Gasteiger partial charge in [-0.3, -0.25) is 0 Å². The Bertz CT molecular complexity index is 1920. The second-order valence-electron chi connectivity index (χ2n) is 14.8. The van der Waals surface area contributed by atoms with Crippen LogP contribution in [-0.2, 0) is 31.6 Å². The Morgan fingerprint density at radius 3 is 2.02 bits per heavy atom. The first kappa shape index (κ1) is 35.8. The Morgan fingerprint density at radius 2 is 1.42 bits per heavy atom. The van der Waals surface area contributed by atoms with Gasteiger partial charge in [0.05, 0.1) is 8.07 Å². The van der Waals surface area contributed by atoms with E-state index in [0.29, 0.717) is 5.92 Å². The summed E-state index contributed by atoms with van der Waals surface area (Å²) in [6.07, 6.45) is 2.48. The standard InChI is InChI=1S/C41H43Si.2ClH.Zr/c1-24(2)31-22-29-23-35(36-26(4)21-33-32(19-25(3)20-34(33)36)27-13-11-10-12-14-27)40-37(38(29)39(31)42(40,8)9)28-15-17-30(18-16-28)41(5,6)7;;;/h10-24,36H,1-9H3;2*1H;/q-1;;;+3/p-2. The molecule has 4 heteroatoms. The molecule has 0 fully saturated rings. The van der Waals surface area contributed by atoms with Gasteiger partial charge in [-0.25, -0.2) is 0 Å². The molecule has 0 N–H and O–H groups in total. The summed E-state index contributed by atoms with van der Waals surface area (Å²) in [6.45, 7) is 21.5. The molecule has 0 saturated heterocycles. The van der Waals surface area contributed by atoms with E-state index in [2.05, 4.69) is 146 Å². The second kappa shape index (κ2) is 12.5. The molecule has 0 saturated carbocycles. The summed E-state index contributed by atoms with van der Waals surface area (Å²) in [5.74, 6) is 0.820. The second-order valence-corrected chi connectivity index (χ2v) is 19.0. The van der Waals surface area contributed by atoms with E-state index in [1.165, 1.54) is 55.5 Å². The third-order valence-corrected chi connectivity index (χ3v) is 13.6. The van der Waals surface area contributed by atoms with Crippen LogP contribution in [0, 0.1) is 6.92 Å². The molecule has 0 nitrogen and oxygen atoms in total. The Kier molecular flexibility index (Phi) is 9.93. The maximum atomic E-state index is 2.62. The van der Waals surface area contributed by atoms with Crippen LogP contribution in [0.1, 0.15) is 86.8 Å². The predicted octanol–water partition coefficient (Wildman–Crippen LogP) is 4.31. The van der Waals surface area contributed by atoms with E-state index < -0.39 is 8.07 Å². The van der Waals surface area contributed by atoms with Gasteiger partial charge in [0.25, 0.3) is 0 Å². The van der Waals surface area contributed by atoms with Crippen molar-refractivity contribution in [1.29, 1.82) is 0 Å². The fourth-order valence-corrected chi connectivity index (χ4v) is 12.2. The molecule has 1 heterocycles. The van der Waals surface area contributed by atoms with Gasteiger partial charge in [-0.05, 0) is 58.6 Å².